The smallest absolute Gasteiger partial charge is 0.0701 e. The van der Waals surface area contributed by atoms with Crippen LogP contribution in [0.3, 0.4) is 0 Å². The first-order chi connectivity index (χ1) is 8.41. The van der Waals surface area contributed by atoms with Crippen molar-refractivity contribution in [2.45, 2.75) is 19.3 Å². The van der Waals surface area contributed by atoms with Crippen molar-refractivity contribution < 1.29 is 14.2 Å². The molecule has 0 fully saturated rings. The van der Waals surface area contributed by atoms with Gasteiger partial charge in [0.2, 0.25) is 0 Å². The molecule has 0 spiro atoms. The molecular formula is C13H25NO3. The molecule has 0 aromatic rings. The quantitative estimate of drug-likeness (QED) is 0.388. The van der Waals surface area contributed by atoms with E-state index in [2.05, 4.69) is 11.2 Å². The summed E-state index contributed by atoms with van der Waals surface area (Å²) in [6.07, 6.45) is 8.25. The lowest BCUT2D eigenvalue weighted by molar-refractivity contribution is 0.0256. The van der Waals surface area contributed by atoms with E-state index in [0.29, 0.717) is 26.4 Å². The summed E-state index contributed by atoms with van der Waals surface area (Å²) in [6, 6.07) is 0. The third kappa shape index (κ3) is 15.4. The molecule has 0 unspecified atom stereocenters. The maximum absolute atomic E-state index is 5.38. The van der Waals surface area contributed by atoms with Crippen LogP contribution in [0.25, 0.3) is 0 Å². The fourth-order valence-corrected chi connectivity index (χ4v) is 1.21. The van der Waals surface area contributed by atoms with E-state index in [1.807, 2.05) is 0 Å². The Morgan fingerprint density at radius 2 is 1.65 bits per heavy atom. The van der Waals surface area contributed by atoms with Crippen LogP contribution in [0.1, 0.15) is 19.3 Å². The molecule has 0 saturated carbocycles. The Morgan fingerprint density at radius 3 is 2.35 bits per heavy atom. The standard InChI is InChI=1S/C13H25NO3/c1-3-4-5-6-7-14-8-9-16-12-13-17-11-10-15-2/h1,14H,4-13H2,2H3. The number of methoxy groups -OCH3 is 1. The van der Waals surface area contributed by atoms with Crippen LogP contribution in [0.5, 0.6) is 0 Å². The molecule has 0 aliphatic heterocycles. The largest absolute Gasteiger partial charge is 0.382 e. The van der Waals surface area contributed by atoms with E-state index in [-0.39, 0.29) is 0 Å². The van der Waals surface area contributed by atoms with Gasteiger partial charge in [0.15, 0.2) is 0 Å². The summed E-state index contributed by atoms with van der Waals surface area (Å²) in [5, 5.41) is 3.30. The molecule has 0 bridgehead atoms. The molecule has 0 rings (SSSR count). The second-order valence-corrected chi connectivity index (χ2v) is 3.63. The van der Waals surface area contributed by atoms with Crippen molar-refractivity contribution in [3.63, 3.8) is 0 Å². The Bertz CT molecular complexity index is 180. The molecule has 4 nitrogen and oxygen atoms in total. The number of terminal acetylenes is 1. The van der Waals surface area contributed by atoms with Crippen LogP contribution >= 0.6 is 0 Å². The van der Waals surface area contributed by atoms with Crippen LogP contribution < -0.4 is 5.32 Å². The maximum atomic E-state index is 5.38. The summed E-state index contributed by atoms with van der Waals surface area (Å²) in [6.45, 7) is 5.16. The number of unbranched alkanes of at least 4 members (excludes halogenated alkanes) is 2. The normalized spacial score (nSPS) is 10.4. The zero-order valence-corrected chi connectivity index (χ0v) is 10.9. The molecule has 1 N–H and O–H groups in total. The van der Waals surface area contributed by atoms with Gasteiger partial charge in [0.1, 0.15) is 0 Å². The van der Waals surface area contributed by atoms with Crippen molar-refractivity contribution in [2.24, 2.45) is 0 Å². The lowest BCUT2D eigenvalue weighted by Crippen LogP contribution is -2.21. The average molecular weight is 243 g/mol. The van der Waals surface area contributed by atoms with Gasteiger partial charge in [-0.05, 0) is 19.4 Å². The fraction of sp³-hybridized carbons (Fsp3) is 0.846. The van der Waals surface area contributed by atoms with Crippen molar-refractivity contribution in [1.82, 2.24) is 5.32 Å². The monoisotopic (exact) mass is 243 g/mol. The minimum atomic E-state index is 0.630. The number of nitrogens with one attached hydrogen (secondary N) is 1. The van der Waals surface area contributed by atoms with Crippen LogP contribution in [0.4, 0.5) is 0 Å². The van der Waals surface area contributed by atoms with Gasteiger partial charge in [-0.15, -0.1) is 12.3 Å². The molecular weight excluding hydrogens is 218 g/mol. The molecule has 0 aliphatic rings. The van der Waals surface area contributed by atoms with Gasteiger partial charge in [-0.1, -0.05) is 0 Å². The Labute approximate surface area is 105 Å². The summed E-state index contributed by atoms with van der Waals surface area (Å²) < 4.78 is 15.5. The molecule has 0 atom stereocenters. The Kier molecular flexibility index (Phi) is 14.9. The van der Waals surface area contributed by atoms with Crippen LogP contribution in [-0.4, -0.2) is 53.2 Å². The molecule has 100 valence electrons. The first-order valence-electron chi connectivity index (χ1n) is 6.20. The van der Waals surface area contributed by atoms with Gasteiger partial charge in [-0.25, -0.2) is 0 Å². The predicted molar refractivity (Wildman–Crippen MR) is 69.1 cm³/mol. The molecule has 4 heteroatoms. The van der Waals surface area contributed by atoms with E-state index in [4.69, 9.17) is 20.6 Å². The third-order valence-corrected chi connectivity index (χ3v) is 2.15. The first-order valence-corrected chi connectivity index (χ1v) is 6.20. The third-order valence-electron chi connectivity index (χ3n) is 2.15. The molecule has 0 heterocycles. The highest BCUT2D eigenvalue weighted by atomic mass is 16.5. The van der Waals surface area contributed by atoms with Crippen molar-refractivity contribution in [2.75, 3.05) is 53.2 Å². The molecule has 0 aromatic heterocycles. The predicted octanol–water partition coefficient (Wildman–Crippen LogP) is 1.06. The van der Waals surface area contributed by atoms with Gasteiger partial charge in [-0.3, -0.25) is 0 Å². The van der Waals surface area contributed by atoms with E-state index in [1.165, 1.54) is 0 Å². The van der Waals surface area contributed by atoms with E-state index < -0.39 is 0 Å². The van der Waals surface area contributed by atoms with Gasteiger partial charge in [0, 0.05) is 20.1 Å². The number of hydrogen-bond donors (Lipinski definition) is 1. The summed E-state index contributed by atoms with van der Waals surface area (Å²) >= 11 is 0. The van der Waals surface area contributed by atoms with E-state index in [9.17, 15) is 0 Å². The van der Waals surface area contributed by atoms with Gasteiger partial charge in [0.05, 0.1) is 33.0 Å². The highest BCUT2D eigenvalue weighted by Gasteiger charge is 1.91. The zero-order chi connectivity index (χ0) is 12.6. The molecule has 0 radical (unpaired) electrons. The van der Waals surface area contributed by atoms with Gasteiger partial charge in [-0.2, -0.15) is 0 Å². The first kappa shape index (κ1) is 16.4. The van der Waals surface area contributed by atoms with Crippen LogP contribution in [-0.2, 0) is 14.2 Å². The van der Waals surface area contributed by atoms with Crippen LogP contribution in [0, 0.1) is 12.3 Å². The molecule has 17 heavy (non-hydrogen) atoms. The lowest BCUT2D eigenvalue weighted by atomic mass is 10.2. The van der Waals surface area contributed by atoms with Crippen molar-refractivity contribution >= 4 is 0 Å². The van der Waals surface area contributed by atoms with Crippen LogP contribution in [0.2, 0.25) is 0 Å². The van der Waals surface area contributed by atoms with Crippen LogP contribution in [0.15, 0.2) is 0 Å². The highest BCUT2D eigenvalue weighted by Crippen LogP contribution is 1.90. The number of rotatable bonds is 13. The minimum absolute atomic E-state index is 0.630. The van der Waals surface area contributed by atoms with E-state index in [1.54, 1.807) is 7.11 Å². The number of hydrogen-bond acceptors (Lipinski definition) is 4. The Hall–Kier alpha value is -0.600. The van der Waals surface area contributed by atoms with Crippen molar-refractivity contribution in [3.8, 4) is 12.3 Å². The molecule has 0 saturated heterocycles. The summed E-state index contributed by atoms with van der Waals surface area (Å²) in [4.78, 5) is 0. The number of ether oxygens (including phenoxy) is 3. The molecule has 0 amide bonds. The topological polar surface area (TPSA) is 39.7 Å². The summed E-state index contributed by atoms with van der Waals surface area (Å²) in [5.74, 6) is 2.63. The summed E-state index contributed by atoms with van der Waals surface area (Å²) in [5.41, 5.74) is 0. The van der Waals surface area contributed by atoms with E-state index >= 15 is 0 Å². The Balaban J connectivity index is 2.87. The highest BCUT2D eigenvalue weighted by molar-refractivity contribution is 4.82. The average Bonchev–Trinajstić information content (AvgIpc) is 2.35. The summed E-state index contributed by atoms with van der Waals surface area (Å²) in [7, 11) is 1.66. The SMILES string of the molecule is C#CCCCCNCCOCCOCCOC. The second kappa shape index (κ2) is 15.4. The second-order valence-electron chi connectivity index (χ2n) is 3.63. The molecule has 0 aliphatic carbocycles. The zero-order valence-electron chi connectivity index (χ0n) is 10.9. The van der Waals surface area contributed by atoms with Crippen molar-refractivity contribution in [1.29, 1.82) is 0 Å². The molecule has 0 aromatic carbocycles. The van der Waals surface area contributed by atoms with Gasteiger partial charge in [0.25, 0.3) is 0 Å². The van der Waals surface area contributed by atoms with Gasteiger partial charge < -0.3 is 19.5 Å². The maximum Gasteiger partial charge on any atom is 0.0701 e. The fourth-order valence-electron chi connectivity index (χ4n) is 1.21. The van der Waals surface area contributed by atoms with Gasteiger partial charge >= 0.3 is 0 Å². The Morgan fingerprint density at radius 1 is 0.941 bits per heavy atom. The van der Waals surface area contributed by atoms with E-state index in [0.717, 1.165) is 39.0 Å². The minimum Gasteiger partial charge on any atom is -0.382 e. The lowest BCUT2D eigenvalue weighted by Gasteiger charge is -2.06. The van der Waals surface area contributed by atoms with Crippen molar-refractivity contribution in [3.05, 3.63) is 0 Å².